The quantitative estimate of drug-likeness (QED) is 0.327. The van der Waals surface area contributed by atoms with Crippen LogP contribution in [0.2, 0.25) is 5.02 Å². The van der Waals surface area contributed by atoms with Crippen LogP contribution in [0.3, 0.4) is 0 Å². The first-order valence-corrected chi connectivity index (χ1v) is 9.94. The van der Waals surface area contributed by atoms with E-state index in [1.165, 1.54) is 24.3 Å². The highest BCUT2D eigenvalue weighted by atomic mass is 35.5. The second kappa shape index (κ2) is 8.99. The lowest BCUT2D eigenvalue weighted by molar-refractivity contribution is -0.119. The van der Waals surface area contributed by atoms with Crippen LogP contribution in [0.15, 0.2) is 54.6 Å². The van der Waals surface area contributed by atoms with Gasteiger partial charge in [-0.1, -0.05) is 23.7 Å². The summed E-state index contributed by atoms with van der Waals surface area (Å²) in [6.07, 6.45) is 0. The van der Waals surface area contributed by atoms with Gasteiger partial charge in [-0.05, 0) is 42.5 Å². The van der Waals surface area contributed by atoms with Gasteiger partial charge >= 0.3 is 5.97 Å². The second-order valence-electron chi connectivity index (χ2n) is 7.00. The van der Waals surface area contributed by atoms with Crippen LogP contribution < -0.4 is 10.2 Å². The topological polar surface area (TPSA) is 92.8 Å². The number of amides is 3. The molecule has 0 radical (unpaired) electrons. The van der Waals surface area contributed by atoms with Gasteiger partial charge in [-0.3, -0.25) is 14.4 Å². The maximum absolute atomic E-state index is 13.7. The SMILES string of the molecule is O=C(COC(=O)c1ccc2c(c1)C(=O)N(c1ccccc1Cl)C2=O)Nc1ccc(F)c(F)c1F. The molecule has 0 saturated heterocycles. The smallest absolute Gasteiger partial charge is 0.338 e. The van der Waals surface area contributed by atoms with Crippen molar-refractivity contribution in [3.05, 3.63) is 93.8 Å². The zero-order valence-electron chi connectivity index (χ0n) is 16.9. The molecule has 3 aromatic carbocycles. The summed E-state index contributed by atoms with van der Waals surface area (Å²) < 4.78 is 44.7. The first kappa shape index (κ1) is 23.0. The van der Waals surface area contributed by atoms with Crippen molar-refractivity contribution in [2.75, 3.05) is 16.8 Å². The molecule has 172 valence electrons. The summed E-state index contributed by atoms with van der Waals surface area (Å²) >= 11 is 6.09. The van der Waals surface area contributed by atoms with Crippen LogP contribution in [0.5, 0.6) is 0 Å². The van der Waals surface area contributed by atoms with Crippen LogP contribution in [-0.4, -0.2) is 30.3 Å². The van der Waals surface area contributed by atoms with Gasteiger partial charge in [0.1, 0.15) is 0 Å². The third kappa shape index (κ3) is 4.11. The Morgan fingerprint density at radius 2 is 1.62 bits per heavy atom. The molecule has 1 heterocycles. The van der Waals surface area contributed by atoms with Gasteiger partial charge in [0.2, 0.25) is 0 Å². The largest absolute Gasteiger partial charge is 0.452 e. The van der Waals surface area contributed by atoms with E-state index in [1.807, 2.05) is 5.32 Å². The molecule has 0 saturated carbocycles. The summed E-state index contributed by atoms with van der Waals surface area (Å²) in [6.45, 7) is -0.882. The molecule has 0 spiro atoms. The van der Waals surface area contributed by atoms with E-state index in [2.05, 4.69) is 0 Å². The third-order valence-electron chi connectivity index (χ3n) is 4.86. The number of ether oxygens (including phenoxy) is 1. The Morgan fingerprint density at radius 3 is 2.35 bits per heavy atom. The first-order chi connectivity index (χ1) is 16.2. The Morgan fingerprint density at radius 1 is 0.912 bits per heavy atom. The average molecular weight is 489 g/mol. The highest BCUT2D eigenvalue weighted by molar-refractivity contribution is 6.39. The fourth-order valence-electron chi connectivity index (χ4n) is 3.24. The molecule has 34 heavy (non-hydrogen) atoms. The summed E-state index contributed by atoms with van der Waals surface area (Å²) in [5, 5.41) is 2.13. The number of para-hydroxylation sites is 1. The van der Waals surface area contributed by atoms with E-state index >= 15 is 0 Å². The molecular formula is C23H12ClF3N2O5. The number of rotatable bonds is 5. The van der Waals surface area contributed by atoms with Crippen LogP contribution in [0.25, 0.3) is 0 Å². The van der Waals surface area contributed by atoms with Gasteiger partial charge in [0, 0.05) is 0 Å². The van der Waals surface area contributed by atoms with Gasteiger partial charge in [-0.25, -0.2) is 22.9 Å². The number of hydrogen-bond acceptors (Lipinski definition) is 5. The average Bonchev–Trinajstić information content (AvgIpc) is 3.07. The molecule has 1 aliphatic heterocycles. The van der Waals surface area contributed by atoms with Gasteiger partial charge in [-0.15, -0.1) is 0 Å². The normalized spacial score (nSPS) is 12.5. The molecule has 4 rings (SSSR count). The standard InChI is InChI=1S/C23H12ClF3N2O5/c24-14-3-1-2-4-17(14)29-21(31)12-6-5-11(9-13(12)22(29)32)23(33)34-10-18(30)28-16-8-7-15(25)19(26)20(16)27/h1-9H,10H2,(H,28,30). The Hall–Kier alpha value is -4.18. The molecule has 11 heteroatoms. The number of hydrogen-bond donors (Lipinski definition) is 1. The molecule has 0 unspecified atom stereocenters. The first-order valence-electron chi connectivity index (χ1n) is 9.57. The summed E-state index contributed by atoms with van der Waals surface area (Å²) in [7, 11) is 0. The van der Waals surface area contributed by atoms with Crippen molar-refractivity contribution in [3.63, 3.8) is 0 Å². The van der Waals surface area contributed by atoms with Crippen molar-refractivity contribution in [1.82, 2.24) is 0 Å². The van der Waals surface area contributed by atoms with Crippen molar-refractivity contribution < 1.29 is 37.1 Å². The molecule has 0 atom stereocenters. The highest BCUT2D eigenvalue weighted by Crippen LogP contribution is 2.33. The zero-order chi connectivity index (χ0) is 24.6. The van der Waals surface area contributed by atoms with Crippen molar-refractivity contribution in [2.45, 2.75) is 0 Å². The molecular weight excluding hydrogens is 477 g/mol. The van der Waals surface area contributed by atoms with E-state index in [0.717, 1.165) is 17.0 Å². The Kier molecular flexibility index (Phi) is 6.08. The van der Waals surface area contributed by atoms with Gasteiger partial charge in [0.05, 0.1) is 33.1 Å². The Balaban J connectivity index is 1.46. The lowest BCUT2D eigenvalue weighted by Gasteiger charge is -2.15. The minimum atomic E-state index is -1.77. The molecule has 3 aromatic rings. The highest BCUT2D eigenvalue weighted by Gasteiger charge is 2.38. The lowest BCUT2D eigenvalue weighted by atomic mass is 10.1. The number of fused-ring (bicyclic) bond motifs is 1. The van der Waals surface area contributed by atoms with Gasteiger partial charge in [0.15, 0.2) is 24.1 Å². The molecule has 0 aliphatic carbocycles. The molecule has 7 nitrogen and oxygen atoms in total. The summed E-state index contributed by atoms with van der Waals surface area (Å²) in [6, 6.07) is 11.3. The Bertz CT molecular complexity index is 1380. The molecule has 3 amide bonds. The minimum absolute atomic E-state index is 0.0491. The van der Waals surface area contributed by atoms with E-state index < -0.39 is 53.4 Å². The zero-order valence-corrected chi connectivity index (χ0v) is 17.7. The van der Waals surface area contributed by atoms with Crippen LogP contribution in [0.1, 0.15) is 31.1 Å². The summed E-state index contributed by atoms with van der Waals surface area (Å²) in [5.41, 5.74) is -0.602. The monoisotopic (exact) mass is 488 g/mol. The number of halogens is 4. The van der Waals surface area contributed by atoms with E-state index in [0.29, 0.717) is 6.07 Å². The van der Waals surface area contributed by atoms with Crippen molar-refractivity contribution in [3.8, 4) is 0 Å². The number of nitrogens with one attached hydrogen (secondary N) is 1. The summed E-state index contributed by atoms with van der Waals surface area (Å²) in [5.74, 6) is -8.16. The molecule has 1 aliphatic rings. The van der Waals surface area contributed by atoms with E-state index in [1.54, 1.807) is 12.1 Å². The third-order valence-corrected chi connectivity index (χ3v) is 5.18. The maximum Gasteiger partial charge on any atom is 0.338 e. The minimum Gasteiger partial charge on any atom is -0.452 e. The molecule has 0 bridgehead atoms. The number of imide groups is 1. The number of carbonyl (C=O) groups is 4. The van der Waals surface area contributed by atoms with Gasteiger partial charge in [0.25, 0.3) is 17.7 Å². The van der Waals surface area contributed by atoms with Crippen LogP contribution in [0, 0.1) is 17.5 Å². The second-order valence-corrected chi connectivity index (χ2v) is 7.41. The van der Waals surface area contributed by atoms with Crippen molar-refractivity contribution in [2.24, 2.45) is 0 Å². The predicted molar refractivity (Wildman–Crippen MR) is 114 cm³/mol. The van der Waals surface area contributed by atoms with Gasteiger partial charge in [-0.2, -0.15) is 0 Å². The van der Waals surface area contributed by atoms with Crippen LogP contribution in [-0.2, 0) is 9.53 Å². The molecule has 1 N–H and O–H groups in total. The van der Waals surface area contributed by atoms with E-state index in [9.17, 15) is 32.3 Å². The number of carbonyl (C=O) groups excluding carboxylic acids is 4. The lowest BCUT2D eigenvalue weighted by Crippen LogP contribution is -2.29. The van der Waals surface area contributed by atoms with Crippen LogP contribution in [0.4, 0.5) is 24.5 Å². The summed E-state index contributed by atoms with van der Waals surface area (Å²) in [4.78, 5) is 50.7. The number of benzene rings is 3. The van der Waals surface area contributed by atoms with E-state index in [4.69, 9.17) is 16.3 Å². The molecule has 0 aromatic heterocycles. The molecule has 0 fully saturated rings. The van der Waals surface area contributed by atoms with Gasteiger partial charge < -0.3 is 10.1 Å². The predicted octanol–water partition coefficient (Wildman–Crippen LogP) is 4.35. The number of nitrogens with zero attached hydrogens (tertiary/aromatic N) is 1. The fraction of sp³-hybridized carbons (Fsp3) is 0.0435. The Labute approximate surface area is 194 Å². The van der Waals surface area contributed by atoms with Crippen LogP contribution >= 0.6 is 11.6 Å². The van der Waals surface area contributed by atoms with E-state index in [-0.39, 0.29) is 27.4 Å². The fourth-order valence-corrected chi connectivity index (χ4v) is 3.46. The number of anilines is 2. The van der Waals surface area contributed by atoms with Crippen molar-refractivity contribution >= 4 is 46.7 Å². The number of esters is 1. The van der Waals surface area contributed by atoms with Crippen molar-refractivity contribution in [1.29, 1.82) is 0 Å². The maximum atomic E-state index is 13.7.